The Balaban J connectivity index is 2.16. The molecule has 1 unspecified atom stereocenters. The molecule has 0 amide bonds. The van der Waals surface area contributed by atoms with Crippen LogP contribution in [0.3, 0.4) is 0 Å². The molecule has 0 spiro atoms. The number of rotatable bonds is 7. The fraction of sp³-hybridized carbons (Fsp3) is 0.500. The highest BCUT2D eigenvalue weighted by molar-refractivity contribution is 7.99. The van der Waals surface area contributed by atoms with E-state index < -0.39 is 0 Å². The molecule has 1 aromatic heterocycles. The van der Waals surface area contributed by atoms with E-state index >= 15 is 0 Å². The van der Waals surface area contributed by atoms with Crippen LogP contribution in [0.15, 0.2) is 28.7 Å². The lowest BCUT2D eigenvalue weighted by Gasteiger charge is -2.15. The van der Waals surface area contributed by atoms with E-state index in [4.69, 9.17) is 16.0 Å². The molecule has 2 rings (SSSR count). The molecule has 0 aliphatic heterocycles. The molecule has 1 atom stereocenters. The fourth-order valence-electron chi connectivity index (χ4n) is 2.13. The minimum absolute atomic E-state index is 0.243. The molecule has 4 heteroatoms. The van der Waals surface area contributed by atoms with E-state index in [-0.39, 0.29) is 6.04 Å². The summed E-state index contributed by atoms with van der Waals surface area (Å²) in [5.41, 5.74) is 0.793. The second-order valence-corrected chi connectivity index (χ2v) is 6.83. The average Bonchev–Trinajstić information content (AvgIpc) is 2.83. The molecule has 1 N–H and O–H groups in total. The van der Waals surface area contributed by atoms with Gasteiger partial charge in [0.05, 0.1) is 11.1 Å². The van der Waals surface area contributed by atoms with E-state index in [1.165, 1.54) is 5.75 Å². The monoisotopic (exact) mass is 311 g/mol. The summed E-state index contributed by atoms with van der Waals surface area (Å²) in [5, 5.41) is 5.25. The average molecular weight is 312 g/mol. The Morgan fingerprint density at radius 1 is 1.30 bits per heavy atom. The lowest BCUT2D eigenvalue weighted by Crippen LogP contribution is -2.22. The number of furan rings is 1. The van der Waals surface area contributed by atoms with Crippen molar-refractivity contribution in [3.05, 3.63) is 35.0 Å². The first-order valence-electron chi connectivity index (χ1n) is 7.11. The number of thioether (sulfide) groups is 1. The highest BCUT2D eigenvalue weighted by atomic mass is 35.5. The summed E-state index contributed by atoms with van der Waals surface area (Å²) < 4.78 is 5.96. The maximum absolute atomic E-state index is 6.18. The van der Waals surface area contributed by atoms with Crippen molar-refractivity contribution in [2.24, 2.45) is 5.92 Å². The van der Waals surface area contributed by atoms with Crippen molar-refractivity contribution < 1.29 is 4.42 Å². The van der Waals surface area contributed by atoms with Gasteiger partial charge in [0.25, 0.3) is 0 Å². The maximum Gasteiger partial charge on any atom is 0.152 e. The summed E-state index contributed by atoms with van der Waals surface area (Å²) in [7, 11) is 0. The maximum atomic E-state index is 6.18. The van der Waals surface area contributed by atoms with Gasteiger partial charge in [-0.15, -0.1) is 0 Å². The van der Waals surface area contributed by atoms with Gasteiger partial charge < -0.3 is 9.73 Å². The molecule has 0 radical (unpaired) electrons. The van der Waals surface area contributed by atoms with Crippen LogP contribution in [0.5, 0.6) is 0 Å². The molecule has 0 saturated carbocycles. The van der Waals surface area contributed by atoms with E-state index in [1.54, 1.807) is 0 Å². The molecule has 0 saturated heterocycles. The van der Waals surface area contributed by atoms with Gasteiger partial charge in [-0.3, -0.25) is 0 Å². The number of fused-ring (bicyclic) bond motifs is 1. The summed E-state index contributed by atoms with van der Waals surface area (Å²) in [5.74, 6) is 3.88. The molecule has 0 aliphatic rings. The first-order chi connectivity index (χ1) is 9.61. The number of hydrogen-bond donors (Lipinski definition) is 1. The Morgan fingerprint density at radius 3 is 2.75 bits per heavy atom. The number of benzene rings is 1. The summed E-state index contributed by atoms with van der Waals surface area (Å²) >= 11 is 8.14. The lowest BCUT2D eigenvalue weighted by atomic mass is 10.2. The van der Waals surface area contributed by atoms with Crippen molar-refractivity contribution in [3.8, 4) is 0 Å². The third-order valence-corrected chi connectivity index (χ3v) is 4.81. The van der Waals surface area contributed by atoms with E-state index in [9.17, 15) is 0 Å². The van der Waals surface area contributed by atoms with E-state index in [2.05, 4.69) is 32.2 Å². The number of halogens is 1. The highest BCUT2D eigenvalue weighted by Crippen LogP contribution is 2.30. The quantitative estimate of drug-likeness (QED) is 0.767. The van der Waals surface area contributed by atoms with Crippen molar-refractivity contribution in [2.75, 3.05) is 18.1 Å². The van der Waals surface area contributed by atoms with E-state index in [1.807, 2.05) is 30.0 Å². The molecular weight excluding hydrogens is 290 g/mol. The summed E-state index contributed by atoms with van der Waals surface area (Å²) in [6, 6.07) is 8.21. The smallest absolute Gasteiger partial charge is 0.152 e. The minimum atomic E-state index is 0.243. The van der Waals surface area contributed by atoms with Crippen LogP contribution in [0.4, 0.5) is 0 Å². The zero-order valence-corrected chi connectivity index (χ0v) is 13.9. The molecule has 2 nitrogen and oxygen atoms in total. The van der Waals surface area contributed by atoms with Gasteiger partial charge in [0.1, 0.15) is 5.76 Å². The Labute approximate surface area is 130 Å². The highest BCUT2D eigenvalue weighted by Gasteiger charge is 2.16. The predicted octanol–water partition coefficient (Wildman–Crippen LogP) is 5.13. The van der Waals surface area contributed by atoms with Crippen LogP contribution in [0, 0.1) is 5.92 Å². The Kier molecular flexibility index (Phi) is 5.82. The normalized spacial score (nSPS) is 13.2. The minimum Gasteiger partial charge on any atom is -0.458 e. The van der Waals surface area contributed by atoms with Crippen LogP contribution in [0.25, 0.3) is 11.0 Å². The van der Waals surface area contributed by atoms with Gasteiger partial charge in [0.15, 0.2) is 5.58 Å². The van der Waals surface area contributed by atoms with Gasteiger partial charge in [0.2, 0.25) is 0 Å². The molecule has 2 aromatic rings. The Morgan fingerprint density at radius 2 is 2.10 bits per heavy atom. The molecular formula is C16H22ClNOS. The Bertz CT molecular complexity index is 552. The molecule has 0 bridgehead atoms. The fourth-order valence-corrected chi connectivity index (χ4v) is 3.47. The van der Waals surface area contributed by atoms with Gasteiger partial charge >= 0.3 is 0 Å². The second-order valence-electron chi connectivity index (χ2n) is 5.35. The number of hydrogen-bond acceptors (Lipinski definition) is 3. The van der Waals surface area contributed by atoms with Crippen LogP contribution in [0.1, 0.15) is 32.6 Å². The summed E-state index contributed by atoms with van der Waals surface area (Å²) in [6.45, 7) is 7.54. The van der Waals surface area contributed by atoms with Gasteiger partial charge in [-0.05, 0) is 30.3 Å². The van der Waals surface area contributed by atoms with Crippen LogP contribution in [-0.2, 0) is 0 Å². The third kappa shape index (κ3) is 3.94. The molecule has 110 valence electrons. The van der Waals surface area contributed by atoms with E-state index in [0.717, 1.165) is 29.0 Å². The van der Waals surface area contributed by atoms with Crippen molar-refractivity contribution in [2.45, 2.75) is 26.8 Å². The first kappa shape index (κ1) is 15.7. The molecule has 20 heavy (non-hydrogen) atoms. The number of nitrogens with one attached hydrogen (secondary N) is 1. The predicted molar refractivity (Wildman–Crippen MR) is 89.8 cm³/mol. The van der Waals surface area contributed by atoms with Gasteiger partial charge in [0, 0.05) is 11.1 Å². The van der Waals surface area contributed by atoms with Crippen LogP contribution in [-0.4, -0.2) is 18.1 Å². The van der Waals surface area contributed by atoms with Crippen LogP contribution >= 0.6 is 23.4 Å². The molecule has 0 aliphatic carbocycles. The third-order valence-electron chi connectivity index (χ3n) is 3.04. The molecule has 1 heterocycles. The largest absolute Gasteiger partial charge is 0.458 e. The summed E-state index contributed by atoms with van der Waals surface area (Å²) in [6.07, 6.45) is 0. The van der Waals surface area contributed by atoms with Crippen molar-refractivity contribution in [3.63, 3.8) is 0 Å². The number of para-hydroxylation sites is 1. The van der Waals surface area contributed by atoms with Crippen molar-refractivity contribution in [1.29, 1.82) is 0 Å². The summed E-state index contributed by atoms with van der Waals surface area (Å²) in [4.78, 5) is 0. The van der Waals surface area contributed by atoms with Crippen LogP contribution < -0.4 is 5.32 Å². The lowest BCUT2D eigenvalue weighted by molar-refractivity contribution is 0.463. The van der Waals surface area contributed by atoms with Gasteiger partial charge in [-0.1, -0.05) is 44.5 Å². The topological polar surface area (TPSA) is 25.2 Å². The zero-order chi connectivity index (χ0) is 14.5. The van der Waals surface area contributed by atoms with Gasteiger partial charge in [-0.2, -0.15) is 11.8 Å². The standard InChI is InChI=1S/C16H22ClNOS/c1-4-18-14(10-20-9-11(2)3)15-8-12-6-5-7-13(17)16(12)19-15/h5-8,11,14,18H,4,9-10H2,1-3H3. The Hall–Kier alpha value is -0.640. The molecule has 1 aromatic carbocycles. The van der Waals surface area contributed by atoms with Crippen LogP contribution in [0.2, 0.25) is 5.02 Å². The van der Waals surface area contributed by atoms with Crippen molar-refractivity contribution >= 4 is 34.3 Å². The second kappa shape index (κ2) is 7.39. The van der Waals surface area contributed by atoms with Crippen molar-refractivity contribution in [1.82, 2.24) is 5.32 Å². The zero-order valence-electron chi connectivity index (χ0n) is 12.3. The first-order valence-corrected chi connectivity index (χ1v) is 8.64. The SMILES string of the molecule is CCNC(CSCC(C)C)c1cc2cccc(Cl)c2o1. The van der Waals surface area contributed by atoms with E-state index in [0.29, 0.717) is 10.9 Å². The van der Waals surface area contributed by atoms with Gasteiger partial charge in [-0.25, -0.2) is 0 Å². The molecule has 0 fully saturated rings.